The van der Waals surface area contributed by atoms with E-state index < -0.39 is 0 Å². The van der Waals surface area contributed by atoms with Crippen LogP contribution in [0.3, 0.4) is 0 Å². The number of nitrogens with zero attached hydrogens (tertiary/aromatic N) is 2. The minimum Gasteiger partial charge on any atom is -0.395 e. The molecule has 1 saturated heterocycles. The standard InChI is InChI=1S/C12H24N2O/c1-10-7-13(2)12(9-15)8-14(10)11-5-3-4-6-11/h10-12,15H,3-9H2,1-2H3. The molecule has 0 spiro atoms. The molecule has 3 heteroatoms. The Morgan fingerprint density at radius 1 is 1.20 bits per heavy atom. The van der Waals surface area contributed by atoms with Crippen molar-refractivity contribution < 1.29 is 5.11 Å². The smallest absolute Gasteiger partial charge is 0.0599 e. The van der Waals surface area contributed by atoms with Gasteiger partial charge in [-0.1, -0.05) is 12.8 Å². The molecule has 0 aromatic rings. The fourth-order valence-corrected chi connectivity index (χ4v) is 3.18. The minimum absolute atomic E-state index is 0.298. The van der Waals surface area contributed by atoms with Crippen LogP contribution in [0.1, 0.15) is 32.6 Å². The fourth-order valence-electron chi connectivity index (χ4n) is 3.18. The molecular formula is C12H24N2O. The van der Waals surface area contributed by atoms with E-state index in [4.69, 9.17) is 0 Å². The van der Waals surface area contributed by atoms with Crippen molar-refractivity contribution in [2.45, 2.75) is 50.7 Å². The molecule has 0 radical (unpaired) electrons. The Morgan fingerprint density at radius 2 is 1.87 bits per heavy atom. The zero-order valence-corrected chi connectivity index (χ0v) is 10.0. The summed E-state index contributed by atoms with van der Waals surface area (Å²) in [5.41, 5.74) is 0. The van der Waals surface area contributed by atoms with Crippen molar-refractivity contribution >= 4 is 0 Å². The van der Waals surface area contributed by atoms with Crippen LogP contribution < -0.4 is 0 Å². The van der Waals surface area contributed by atoms with Crippen LogP contribution in [0.5, 0.6) is 0 Å². The highest BCUT2D eigenvalue weighted by Gasteiger charge is 2.34. The topological polar surface area (TPSA) is 26.7 Å². The number of likely N-dealkylation sites (N-methyl/N-ethyl adjacent to an activating group) is 1. The van der Waals surface area contributed by atoms with Gasteiger partial charge < -0.3 is 5.11 Å². The van der Waals surface area contributed by atoms with Crippen molar-refractivity contribution in [2.24, 2.45) is 0 Å². The molecule has 88 valence electrons. The largest absolute Gasteiger partial charge is 0.395 e. The predicted molar refractivity (Wildman–Crippen MR) is 61.9 cm³/mol. The van der Waals surface area contributed by atoms with E-state index in [2.05, 4.69) is 23.8 Å². The van der Waals surface area contributed by atoms with Gasteiger partial charge in [0.25, 0.3) is 0 Å². The summed E-state index contributed by atoms with van der Waals surface area (Å²) in [6, 6.07) is 1.80. The van der Waals surface area contributed by atoms with E-state index in [0.29, 0.717) is 18.7 Å². The van der Waals surface area contributed by atoms with Gasteiger partial charge >= 0.3 is 0 Å². The highest BCUT2D eigenvalue weighted by Crippen LogP contribution is 2.27. The zero-order chi connectivity index (χ0) is 10.8. The number of hydrogen-bond donors (Lipinski definition) is 1. The number of aliphatic hydroxyl groups is 1. The Morgan fingerprint density at radius 3 is 2.47 bits per heavy atom. The molecule has 1 aliphatic carbocycles. The molecule has 3 nitrogen and oxygen atoms in total. The molecular weight excluding hydrogens is 188 g/mol. The maximum atomic E-state index is 9.34. The van der Waals surface area contributed by atoms with Gasteiger partial charge in [0.15, 0.2) is 0 Å². The molecule has 1 N–H and O–H groups in total. The maximum absolute atomic E-state index is 9.34. The van der Waals surface area contributed by atoms with E-state index in [-0.39, 0.29) is 0 Å². The van der Waals surface area contributed by atoms with E-state index in [1.54, 1.807) is 0 Å². The Hall–Kier alpha value is -0.120. The molecule has 1 aliphatic heterocycles. The van der Waals surface area contributed by atoms with Crippen LogP contribution in [0.2, 0.25) is 0 Å². The molecule has 2 atom stereocenters. The van der Waals surface area contributed by atoms with Crippen molar-refractivity contribution in [3.8, 4) is 0 Å². The van der Waals surface area contributed by atoms with E-state index in [0.717, 1.165) is 19.1 Å². The lowest BCUT2D eigenvalue weighted by molar-refractivity contribution is 0.00262. The van der Waals surface area contributed by atoms with Crippen LogP contribution in [0, 0.1) is 0 Å². The summed E-state index contributed by atoms with van der Waals surface area (Å²) in [6.45, 7) is 4.77. The van der Waals surface area contributed by atoms with E-state index in [9.17, 15) is 5.11 Å². The molecule has 1 heterocycles. The van der Waals surface area contributed by atoms with Crippen LogP contribution in [0.15, 0.2) is 0 Å². The van der Waals surface area contributed by atoms with Crippen LogP contribution in [0.4, 0.5) is 0 Å². The van der Waals surface area contributed by atoms with Crippen LogP contribution in [-0.4, -0.2) is 59.8 Å². The quantitative estimate of drug-likeness (QED) is 0.737. The third-order valence-electron chi connectivity index (χ3n) is 4.17. The number of hydrogen-bond acceptors (Lipinski definition) is 3. The zero-order valence-electron chi connectivity index (χ0n) is 10.0. The lowest BCUT2D eigenvalue weighted by atomic mass is 10.0. The molecule has 1 saturated carbocycles. The predicted octanol–water partition coefficient (Wildman–Crippen LogP) is 0.926. The Labute approximate surface area is 93.1 Å². The van der Waals surface area contributed by atoms with Gasteiger partial charge in [0.1, 0.15) is 0 Å². The lowest BCUT2D eigenvalue weighted by Crippen LogP contribution is -2.59. The fraction of sp³-hybridized carbons (Fsp3) is 1.00. The lowest BCUT2D eigenvalue weighted by Gasteiger charge is -2.46. The number of piperazine rings is 1. The molecule has 15 heavy (non-hydrogen) atoms. The second-order valence-electron chi connectivity index (χ2n) is 5.26. The molecule has 2 unspecified atom stereocenters. The third-order valence-corrected chi connectivity index (χ3v) is 4.17. The summed E-state index contributed by atoms with van der Waals surface area (Å²) >= 11 is 0. The molecule has 0 bridgehead atoms. The van der Waals surface area contributed by atoms with Crippen molar-refractivity contribution in [1.29, 1.82) is 0 Å². The summed E-state index contributed by atoms with van der Waals surface area (Å²) in [6.07, 6.45) is 5.53. The summed E-state index contributed by atoms with van der Waals surface area (Å²) in [5, 5.41) is 9.34. The normalized spacial score (nSPS) is 36.2. The highest BCUT2D eigenvalue weighted by atomic mass is 16.3. The summed E-state index contributed by atoms with van der Waals surface area (Å²) in [4.78, 5) is 4.93. The van der Waals surface area contributed by atoms with Crippen molar-refractivity contribution in [3.05, 3.63) is 0 Å². The Kier molecular flexibility index (Phi) is 3.65. The maximum Gasteiger partial charge on any atom is 0.0599 e. The first kappa shape index (κ1) is 11.4. The van der Waals surface area contributed by atoms with Crippen LogP contribution in [0.25, 0.3) is 0 Å². The van der Waals surface area contributed by atoms with Crippen LogP contribution >= 0.6 is 0 Å². The highest BCUT2D eigenvalue weighted by molar-refractivity contribution is 4.90. The minimum atomic E-state index is 0.298. The monoisotopic (exact) mass is 212 g/mol. The van der Waals surface area contributed by atoms with Crippen LogP contribution in [-0.2, 0) is 0 Å². The first-order valence-electron chi connectivity index (χ1n) is 6.29. The second kappa shape index (κ2) is 4.81. The van der Waals surface area contributed by atoms with Crippen molar-refractivity contribution in [3.63, 3.8) is 0 Å². The van der Waals surface area contributed by atoms with E-state index in [1.165, 1.54) is 25.7 Å². The van der Waals surface area contributed by atoms with Gasteiger partial charge in [0.05, 0.1) is 6.61 Å². The average Bonchev–Trinajstić information content (AvgIpc) is 2.71. The molecule has 0 aromatic carbocycles. The first-order valence-corrected chi connectivity index (χ1v) is 6.29. The SMILES string of the molecule is CC1CN(C)C(CO)CN1C1CCCC1. The summed E-state index contributed by atoms with van der Waals surface area (Å²) < 4.78 is 0. The van der Waals surface area contributed by atoms with Gasteiger partial charge in [-0.25, -0.2) is 0 Å². The Balaban J connectivity index is 1.98. The van der Waals surface area contributed by atoms with Gasteiger partial charge in [-0.3, -0.25) is 9.80 Å². The molecule has 2 fully saturated rings. The van der Waals surface area contributed by atoms with E-state index >= 15 is 0 Å². The van der Waals surface area contributed by atoms with E-state index in [1.807, 2.05) is 0 Å². The Bertz CT molecular complexity index is 204. The number of rotatable bonds is 2. The molecule has 0 amide bonds. The first-order chi connectivity index (χ1) is 7.22. The third kappa shape index (κ3) is 2.35. The summed E-state index contributed by atoms with van der Waals surface area (Å²) in [7, 11) is 2.13. The number of aliphatic hydroxyl groups excluding tert-OH is 1. The molecule has 0 aromatic heterocycles. The van der Waals surface area contributed by atoms with Gasteiger partial charge in [-0.2, -0.15) is 0 Å². The van der Waals surface area contributed by atoms with Gasteiger partial charge in [0, 0.05) is 31.2 Å². The molecule has 2 aliphatic rings. The van der Waals surface area contributed by atoms with Crippen molar-refractivity contribution in [2.75, 3.05) is 26.7 Å². The molecule has 2 rings (SSSR count). The van der Waals surface area contributed by atoms with Gasteiger partial charge in [0.2, 0.25) is 0 Å². The summed E-state index contributed by atoms with van der Waals surface area (Å²) in [5.74, 6) is 0. The van der Waals surface area contributed by atoms with Gasteiger partial charge in [-0.15, -0.1) is 0 Å². The average molecular weight is 212 g/mol. The second-order valence-corrected chi connectivity index (χ2v) is 5.26. The van der Waals surface area contributed by atoms with Crippen molar-refractivity contribution in [1.82, 2.24) is 9.80 Å². The van der Waals surface area contributed by atoms with Gasteiger partial charge in [-0.05, 0) is 26.8 Å².